The van der Waals surface area contributed by atoms with Gasteiger partial charge in [0.1, 0.15) is 11.6 Å². The Morgan fingerprint density at radius 3 is 2.81 bits per heavy atom. The van der Waals surface area contributed by atoms with Crippen molar-refractivity contribution in [2.75, 3.05) is 38.2 Å². The summed E-state index contributed by atoms with van der Waals surface area (Å²) in [6.45, 7) is 8.75. The summed E-state index contributed by atoms with van der Waals surface area (Å²) in [6.07, 6.45) is 7.84. The van der Waals surface area contributed by atoms with Crippen molar-refractivity contribution in [1.29, 1.82) is 0 Å². The van der Waals surface area contributed by atoms with Gasteiger partial charge in [0.25, 0.3) is 0 Å². The van der Waals surface area contributed by atoms with E-state index in [9.17, 15) is 4.79 Å². The van der Waals surface area contributed by atoms with Gasteiger partial charge in [-0.15, -0.1) is 0 Å². The Bertz CT molecular complexity index is 1000. The Labute approximate surface area is 190 Å². The fraction of sp³-hybridized carbons (Fsp3) is 0.615. The number of nitrogens with one attached hydrogen (secondary N) is 1. The Hall–Kier alpha value is -2.34. The van der Waals surface area contributed by atoms with Crippen LogP contribution in [0.5, 0.6) is 5.75 Å². The molecule has 2 aromatic rings. The second-order valence-corrected chi connectivity index (χ2v) is 9.50. The number of hydrogen-bond donors (Lipinski definition) is 1. The van der Waals surface area contributed by atoms with E-state index in [0.29, 0.717) is 6.61 Å². The van der Waals surface area contributed by atoms with Crippen LogP contribution in [0.25, 0.3) is 10.9 Å². The predicted octanol–water partition coefficient (Wildman–Crippen LogP) is 4.26. The predicted molar refractivity (Wildman–Crippen MR) is 126 cm³/mol. The molecule has 2 heterocycles. The number of carbonyl (C=O) groups is 1. The van der Waals surface area contributed by atoms with Gasteiger partial charge in [-0.1, -0.05) is 0 Å². The number of aryl methyl sites for hydroxylation is 2. The van der Waals surface area contributed by atoms with Crippen molar-refractivity contribution in [3.05, 3.63) is 28.8 Å². The van der Waals surface area contributed by atoms with Gasteiger partial charge in [0, 0.05) is 24.0 Å². The zero-order valence-electron chi connectivity index (χ0n) is 19.4. The molecule has 6 heteroatoms. The molecule has 6 nitrogen and oxygen atoms in total. The van der Waals surface area contributed by atoms with Gasteiger partial charge in [0.15, 0.2) is 0 Å². The van der Waals surface area contributed by atoms with Gasteiger partial charge >= 0.3 is 5.97 Å². The number of fused-ring (bicyclic) bond motifs is 3. The zero-order valence-corrected chi connectivity index (χ0v) is 19.4. The highest BCUT2D eigenvalue weighted by atomic mass is 16.5. The van der Waals surface area contributed by atoms with E-state index in [-0.39, 0.29) is 17.9 Å². The van der Waals surface area contributed by atoms with Gasteiger partial charge < -0.3 is 19.7 Å². The monoisotopic (exact) mass is 437 g/mol. The van der Waals surface area contributed by atoms with Gasteiger partial charge in [0.2, 0.25) is 0 Å². The lowest BCUT2D eigenvalue weighted by Crippen LogP contribution is -2.22. The summed E-state index contributed by atoms with van der Waals surface area (Å²) in [5.74, 6) is 1.75. The molecule has 3 aliphatic rings. The number of anilines is 1. The third-order valence-corrected chi connectivity index (χ3v) is 7.13. The van der Waals surface area contributed by atoms with Crippen LogP contribution in [-0.2, 0) is 22.4 Å². The van der Waals surface area contributed by atoms with E-state index in [1.165, 1.54) is 48.0 Å². The SMILES string of the molecule is CCOC(=O)C1CC1Nc1nc2cc(OCCCN3CCCC3)c(C)cc2c2c1CCC2. The minimum Gasteiger partial charge on any atom is -0.493 e. The van der Waals surface area contributed by atoms with E-state index in [4.69, 9.17) is 14.5 Å². The number of hydrogen-bond acceptors (Lipinski definition) is 6. The second kappa shape index (κ2) is 9.26. The molecule has 2 unspecified atom stereocenters. The molecule has 1 aliphatic heterocycles. The number of carbonyl (C=O) groups excluding carboxylic acids is 1. The Kier molecular flexibility index (Phi) is 6.22. The maximum Gasteiger partial charge on any atom is 0.311 e. The van der Waals surface area contributed by atoms with Gasteiger partial charge in [-0.25, -0.2) is 4.98 Å². The summed E-state index contributed by atoms with van der Waals surface area (Å²) >= 11 is 0. The fourth-order valence-electron chi connectivity index (χ4n) is 5.29. The van der Waals surface area contributed by atoms with Crippen LogP contribution in [0, 0.1) is 12.8 Å². The minimum absolute atomic E-state index is 0.0444. The van der Waals surface area contributed by atoms with Crippen LogP contribution in [0.4, 0.5) is 5.82 Å². The maximum absolute atomic E-state index is 12.0. The molecule has 2 aliphatic carbocycles. The lowest BCUT2D eigenvalue weighted by molar-refractivity contribution is -0.144. The van der Waals surface area contributed by atoms with Crippen LogP contribution in [0.1, 0.15) is 55.7 Å². The van der Waals surface area contributed by atoms with E-state index in [2.05, 4.69) is 29.3 Å². The van der Waals surface area contributed by atoms with Crippen LogP contribution in [0.3, 0.4) is 0 Å². The molecule has 1 N–H and O–H groups in total. The highest BCUT2D eigenvalue weighted by Crippen LogP contribution is 2.40. The molecule has 2 atom stereocenters. The number of aromatic nitrogens is 1. The molecule has 0 spiro atoms. The topological polar surface area (TPSA) is 63.7 Å². The van der Waals surface area contributed by atoms with Crippen molar-refractivity contribution in [3.63, 3.8) is 0 Å². The van der Waals surface area contributed by atoms with Gasteiger partial charge in [-0.3, -0.25) is 4.79 Å². The lowest BCUT2D eigenvalue weighted by Gasteiger charge is -2.17. The number of pyridine rings is 1. The second-order valence-electron chi connectivity index (χ2n) is 9.50. The summed E-state index contributed by atoms with van der Waals surface area (Å²) in [5.41, 5.74) is 4.90. The fourth-order valence-corrected chi connectivity index (χ4v) is 5.29. The van der Waals surface area contributed by atoms with Crippen molar-refractivity contribution in [3.8, 4) is 5.75 Å². The molecule has 2 fully saturated rings. The van der Waals surface area contributed by atoms with E-state index >= 15 is 0 Å². The molecule has 1 aromatic heterocycles. The van der Waals surface area contributed by atoms with Gasteiger partial charge in [-0.2, -0.15) is 0 Å². The Balaban J connectivity index is 1.31. The van der Waals surface area contributed by atoms with Crippen molar-refractivity contribution >= 4 is 22.7 Å². The molecule has 1 saturated carbocycles. The normalized spacial score (nSPS) is 22.2. The smallest absolute Gasteiger partial charge is 0.311 e. The third kappa shape index (κ3) is 4.42. The summed E-state index contributed by atoms with van der Waals surface area (Å²) < 4.78 is 11.4. The highest BCUT2D eigenvalue weighted by molar-refractivity contribution is 5.89. The largest absolute Gasteiger partial charge is 0.493 e. The quantitative estimate of drug-likeness (QED) is 0.467. The number of nitrogens with zero attached hydrogens (tertiary/aromatic N) is 2. The molecule has 0 bridgehead atoms. The molecule has 0 radical (unpaired) electrons. The first-order chi connectivity index (χ1) is 15.6. The molecular weight excluding hydrogens is 402 g/mol. The lowest BCUT2D eigenvalue weighted by atomic mass is 10.0. The minimum atomic E-state index is -0.0947. The highest BCUT2D eigenvalue weighted by Gasteiger charge is 2.45. The molecule has 5 rings (SSSR count). The third-order valence-electron chi connectivity index (χ3n) is 7.13. The molecule has 1 saturated heterocycles. The van der Waals surface area contributed by atoms with Crippen molar-refractivity contribution in [1.82, 2.24) is 9.88 Å². The average molecular weight is 438 g/mol. The van der Waals surface area contributed by atoms with Crippen LogP contribution in [-0.4, -0.2) is 54.7 Å². The maximum atomic E-state index is 12.0. The average Bonchev–Trinajstić information content (AvgIpc) is 3.16. The molecule has 32 heavy (non-hydrogen) atoms. The molecule has 172 valence electrons. The number of esters is 1. The van der Waals surface area contributed by atoms with Crippen molar-refractivity contribution in [2.24, 2.45) is 5.92 Å². The molecule has 0 amide bonds. The van der Waals surface area contributed by atoms with Gasteiger partial charge in [0.05, 0.1) is 24.6 Å². The van der Waals surface area contributed by atoms with Crippen molar-refractivity contribution in [2.45, 2.75) is 64.8 Å². The Morgan fingerprint density at radius 2 is 2.00 bits per heavy atom. The van der Waals surface area contributed by atoms with E-state index in [0.717, 1.165) is 62.3 Å². The Morgan fingerprint density at radius 1 is 1.19 bits per heavy atom. The van der Waals surface area contributed by atoms with E-state index < -0.39 is 0 Å². The van der Waals surface area contributed by atoms with Crippen molar-refractivity contribution < 1.29 is 14.3 Å². The number of rotatable bonds is 9. The zero-order chi connectivity index (χ0) is 22.1. The number of benzene rings is 1. The summed E-state index contributed by atoms with van der Waals surface area (Å²) in [5, 5.41) is 4.81. The molecule has 1 aromatic carbocycles. The first-order valence-corrected chi connectivity index (χ1v) is 12.4. The van der Waals surface area contributed by atoms with Crippen LogP contribution < -0.4 is 10.1 Å². The number of ether oxygens (including phenoxy) is 2. The standard InChI is InChI=1S/C26H35N3O3/c1-3-31-26(30)21-15-22(21)27-25-19-9-6-8-18(19)20-14-17(2)24(16-23(20)28-25)32-13-7-12-29-10-4-5-11-29/h14,16,21-22H,3-13,15H2,1-2H3,(H,27,28). The number of likely N-dealkylation sites (tertiary alicyclic amines) is 1. The summed E-state index contributed by atoms with van der Waals surface area (Å²) in [7, 11) is 0. The molecular formula is C26H35N3O3. The van der Waals surface area contributed by atoms with E-state index in [1.54, 1.807) is 0 Å². The van der Waals surface area contributed by atoms with Gasteiger partial charge in [-0.05, 0) is 94.6 Å². The summed E-state index contributed by atoms with van der Waals surface area (Å²) in [4.78, 5) is 19.6. The van der Waals surface area contributed by atoms with Crippen LogP contribution in [0.15, 0.2) is 12.1 Å². The first-order valence-electron chi connectivity index (χ1n) is 12.4. The van der Waals surface area contributed by atoms with E-state index in [1.807, 2.05) is 6.92 Å². The van der Waals surface area contributed by atoms with Crippen LogP contribution >= 0.6 is 0 Å². The van der Waals surface area contributed by atoms with Crippen LogP contribution in [0.2, 0.25) is 0 Å². The first kappa shape index (κ1) is 21.5. The summed E-state index contributed by atoms with van der Waals surface area (Å²) in [6, 6.07) is 4.50.